The van der Waals surface area contributed by atoms with Gasteiger partial charge in [0.05, 0.1) is 11.1 Å². The molecule has 0 amide bonds. The third-order valence-corrected chi connectivity index (χ3v) is 6.05. The molecule has 1 aliphatic rings. The minimum atomic E-state index is -4.87. The van der Waals surface area contributed by atoms with Crippen molar-refractivity contribution in [3.8, 4) is 0 Å². The number of piperazine rings is 1. The molecule has 8 heteroatoms. The van der Waals surface area contributed by atoms with Crippen molar-refractivity contribution in [3.63, 3.8) is 0 Å². The number of benzene rings is 2. The predicted molar refractivity (Wildman–Crippen MR) is 112 cm³/mol. The molecule has 1 unspecified atom stereocenters. The molecule has 0 N–H and O–H groups in total. The fraction of sp³-hybridized carbons (Fsp3) is 0.417. The second kappa shape index (κ2) is 9.27. The Kier molecular flexibility index (Phi) is 7.05. The lowest BCUT2D eigenvalue weighted by molar-refractivity contribution is -0.143. The lowest BCUT2D eigenvalue weighted by Crippen LogP contribution is -2.55. The zero-order chi connectivity index (χ0) is 23.6. The van der Waals surface area contributed by atoms with Crippen molar-refractivity contribution in [3.05, 3.63) is 83.4 Å². The molecule has 0 aliphatic carbocycles. The van der Waals surface area contributed by atoms with Gasteiger partial charge < -0.3 is 0 Å². The van der Waals surface area contributed by atoms with Gasteiger partial charge in [-0.1, -0.05) is 36.4 Å². The molecular weight excluding hydrogens is 430 g/mol. The van der Waals surface area contributed by atoms with Gasteiger partial charge in [0.1, 0.15) is 0 Å². The van der Waals surface area contributed by atoms with Crippen molar-refractivity contribution in [1.29, 1.82) is 0 Å². The Morgan fingerprint density at radius 3 is 1.81 bits per heavy atom. The van der Waals surface area contributed by atoms with Crippen molar-refractivity contribution in [1.82, 2.24) is 9.80 Å². The van der Waals surface area contributed by atoms with E-state index in [-0.39, 0.29) is 18.1 Å². The van der Waals surface area contributed by atoms with Crippen molar-refractivity contribution >= 4 is 0 Å². The molecule has 0 saturated carbocycles. The van der Waals surface area contributed by atoms with E-state index in [4.69, 9.17) is 0 Å². The van der Waals surface area contributed by atoms with Crippen LogP contribution in [0.1, 0.15) is 29.2 Å². The smallest absolute Gasteiger partial charge is 0.297 e. The van der Waals surface area contributed by atoms with E-state index in [1.165, 1.54) is 0 Å². The Morgan fingerprint density at radius 1 is 0.812 bits per heavy atom. The SMILES string of the molecule is C=CCN1CCN(C(C)(Cc2cc(C(F)(F)F)cc(C(F)(F)F)c2)c2ccccc2)CC1. The van der Waals surface area contributed by atoms with Crippen LogP contribution in [0.3, 0.4) is 0 Å². The van der Waals surface area contributed by atoms with E-state index in [1.807, 2.05) is 43.3 Å². The molecule has 0 bridgehead atoms. The second-order valence-corrected chi connectivity index (χ2v) is 8.31. The minimum Gasteiger partial charge on any atom is -0.297 e. The molecule has 2 nitrogen and oxygen atoms in total. The van der Waals surface area contributed by atoms with Crippen molar-refractivity contribution < 1.29 is 26.3 Å². The second-order valence-electron chi connectivity index (χ2n) is 8.31. The molecular formula is C24H26F6N2. The largest absolute Gasteiger partial charge is 0.416 e. The van der Waals surface area contributed by atoms with Crippen molar-refractivity contribution in [2.75, 3.05) is 32.7 Å². The maximum atomic E-state index is 13.4. The summed E-state index contributed by atoms with van der Waals surface area (Å²) in [6.07, 6.45) is -7.90. The Hall–Kier alpha value is -2.32. The minimum absolute atomic E-state index is 0.00650. The number of halogens is 6. The predicted octanol–water partition coefficient (Wildman–Crippen LogP) is 5.99. The lowest BCUT2D eigenvalue weighted by atomic mass is 9.82. The normalized spacial score (nSPS) is 18.3. The molecule has 1 aliphatic heterocycles. The fourth-order valence-electron chi connectivity index (χ4n) is 4.32. The monoisotopic (exact) mass is 456 g/mol. The summed E-state index contributed by atoms with van der Waals surface area (Å²) in [7, 11) is 0. The molecule has 0 spiro atoms. The van der Waals surface area contributed by atoms with Gasteiger partial charge in [-0.25, -0.2) is 0 Å². The van der Waals surface area contributed by atoms with Crippen LogP contribution >= 0.6 is 0 Å². The third kappa shape index (κ3) is 5.53. The van der Waals surface area contributed by atoms with Crippen LogP contribution in [0, 0.1) is 0 Å². The van der Waals surface area contributed by atoms with Gasteiger partial charge in [-0.15, -0.1) is 6.58 Å². The van der Waals surface area contributed by atoms with E-state index in [0.717, 1.165) is 37.3 Å². The number of alkyl halides is 6. The van der Waals surface area contributed by atoms with Gasteiger partial charge in [0.2, 0.25) is 0 Å². The molecule has 2 aromatic rings. The molecule has 1 heterocycles. The molecule has 3 rings (SSSR count). The van der Waals surface area contributed by atoms with Crippen LogP contribution in [0.25, 0.3) is 0 Å². The Balaban J connectivity index is 2.01. The summed E-state index contributed by atoms with van der Waals surface area (Å²) in [6, 6.07) is 11.1. The first-order valence-corrected chi connectivity index (χ1v) is 10.4. The van der Waals surface area contributed by atoms with Gasteiger partial charge in [-0.3, -0.25) is 9.80 Å². The van der Waals surface area contributed by atoms with Crippen LogP contribution in [-0.4, -0.2) is 42.5 Å². The first kappa shape index (κ1) is 24.3. The maximum Gasteiger partial charge on any atom is 0.416 e. The number of hydrogen-bond donors (Lipinski definition) is 0. The average Bonchev–Trinajstić information content (AvgIpc) is 2.73. The van der Waals surface area contributed by atoms with E-state index >= 15 is 0 Å². The van der Waals surface area contributed by atoms with Crippen LogP contribution in [0.15, 0.2) is 61.2 Å². The summed E-state index contributed by atoms with van der Waals surface area (Å²) in [5, 5.41) is 0. The quantitative estimate of drug-likeness (QED) is 0.390. The summed E-state index contributed by atoms with van der Waals surface area (Å²) in [4.78, 5) is 4.36. The highest BCUT2D eigenvalue weighted by Crippen LogP contribution is 2.39. The number of rotatable bonds is 6. The summed E-state index contributed by atoms with van der Waals surface area (Å²) in [6.45, 7) is 9.13. The first-order valence-electron chi connectivity index (χ1n) is 10.4. The summed E-state index contributed by atoms with van der Waals surface area (Å²) in [5.41, 5.74) is -2.48. The molecule has 174 valence electrons. The molecule has 2 aromatic carbocycles. The van der Waals surface area contributed by atoms with Crippen molar-refractivity contribution in [2.45, 2.75) is 31.2 Å². The van der Waals surface area contributed by atoms with Gasteiger partial charge in [0.25, 0.3) is 0 Å². The summed E-state index contributed by atoms with van der Waals surface area (Å²) >= 11 is 0. The van der Waals surface area contributed by atoms with Gasteiger partial charge in [-0.05, 0) is 42.7 Å². The fourth-order valence-corrected chi connectivity index (χ4v) is 4.32. The zero-order valence-electron chi connectivity index (χ0n) is 17.8. The van der Waals surface area contributed by atoms with Crippen LogP contribution in [0.5, 0.6) is 0 Å². The van der Waals surface area contributed by atoms with E-state index in [1.54, 1.807) is 0 Å². The molecule has 1 fully saturated rings. The van der Waals surface area contributed by atoms with E-state index in [2.05, 4.69) is 16.4 Å². The zero-order valence-corrected chi connectivity index (χ0v) is 17.8. The van der Waals surface area contributed by atoms with Gasteiger partial charge >= 0.3 is 12.4 Å². The molecule has 0 aromatic heterocycles. The van der Waals surface area contributed by atoms with E-state index in [0.29, 0.717) is 13.1 Å². The standard InChI is InChI=1S/C24H26F6N2/c1-3-9-31-10-12-32(13-11-31)22(2,19-7-5-4-6-8-19)17-18-14-20(23(25,26)27)16-21(15-18)24(28,29)30/h3-8,14-16H,1,9-13,17H2,2H3. The highest BCUT2D eigenvalue weighted by molar-refractivity contribution is 5.36. The Morgan fingerprint density at radius 2 is 1.34 bits per heavy atom. The van der Waals surface area contributed by atoms with Crippen LogP contribution in [-0.2, 0) is 24.3 Å². The number of nitrogens with zero attached hydrogens (tertiary/aromatic N) is 2. The van der Waals surface area contributed by atoms with Gasteiger partial charge in [0.15, 0.2) is 0 Å². The summed E-state index contributed by atoms with van der Waals surface area (Å²) < 4.78 is 80.2. The van der Waals surface area contributed by atoms with Gasteiger partial charge in [0, 0.05) is 38.3 Å². The van der Waals surface area contributed by atoms with Gasteiger partial charge in [-0.2, -0.15) is 26.3 Å². The van der Waals surface area contributed by atoms with Crippen LogP contribution in [0.2, 0.25) is 0 Å². The van der Waals surface area contributed by atoms with Crippen LogP contribution in [0.4, 0.5) is 26.3 Å². The topological polar surface area (TPSA) is 6.48 Å². The molecule has 0 radical (unpaired) electrons. The Bertz CT molecular complexity index is 882. The van der Waals surface area contributed by atoms with Crippen molar-refractivity contribution in [2.24, 2.45) is 0 Å². The lowest BCUT2D eigenvalue weighted by Gasteiger charge is -2.46. The number of hydrogen-bond acceptors (Lipinski definition) is 2. The van der Waals surface area contributed by atoms with Crippen LogP contribution < -0.4 is 0 Å². The molecule has 32 heavy (non-hydrogen) atoms. The first-order chi connectivity index (χ1) is 14.9. The molecule has 1 atom stereocenters. The highest BCUT2D eigenvalue weighted by Gasteiger charge is 2.40. The Labute approximate surface area is 184 Å². The maximum absolute atomic E-state index is 13.4. The van der Waals surface area contributed by atoms with E-state index in [9.17, 15) is 26.3 Å². The highest BCUT2D eigenvalue weighted by atomic mass is 19.4. The van der Waals surface area contributed by atoms with E-state index < -0.39 is 29.0 Å². The average molecular weight is 456 g/mol. The molecule has 1 saturated heterocycles. The summed E-state index contributed by atoms with van der Waals surface area (Å²) in [5.74, 6) is 0. The third-order valence-electron chi connectivity index (χ3n) is 6.05.